The summed E-state index contributed by atoms with van der Waals surface area (Å²) in [6.45, 7) is 13.2. The largest absolute Gasteiger partial charge is 1.00 e. The van der Waals surface area contributed by atoms with E-state index in [1.165, 1.54) is 0 Å². The SMILES string of the molecule is CC1(C)OC[C@@H](CCI)O1.CCC#CCC[C@@H]1COC(C)(C)O1.[C-]#CCC.[Li+]. The molecule has 2 aliphatic heterocycles. The van der Waals surface area contributed by atoms with Gasteiger partial charge in [-0.2, -0.15) is 0 Å². The molecule has 0 aromatic carbocycles. The fraction of sp³-hybridized carbons (Fsp3) is 0.818. The maximum absolute atomic E-state index is 6.20. The Morgan fingerprint density at radius 2 is 1.36 bits per heavy atom. The molecule has 2 fully saturated rings. The number of halogens is 1. The van der Waals surface area contributed by atoms with Gasteiger partial charge in [0.2, 0.25) is 0 Å². The number of alkyl halides is 1. The zero-order valence-electron chi connectivity index (χ0n) is 18.8. The molecule has 2 rings (SSSR count). The van der Waals surface area contributed by atoms with E-state index < -0.39 is 0 Å². The van der Waals surface area contributed by atoms with Crippen LogP contribution in [0.4, 0.5) is 0 Å². The molecule has 156 valence electrons. The molecule has 0 aliphatic carbocycles. The summed E-state index contributed by atoms with van der Waals surface area (Å²) in [7, 11) is 0. The average molecular weight is 498 g/mol. The van der Waals surface area contributed by atoms with Gasteiger partial charge in [-0.1, -0.05) is 36.4 Å². The van der Waals surface area contributed by atoms with Gasteiger partial charge in [-0.3, -0.25) is 0 Å². The Hall–Kier alpha value is 0.287. The van der Waals surface area contributed by atoms with Crippen LogP contribution in [0.15, 0.2) is 0 Å². The van der Waals surface area contributed by atoms with Crippen molar-refractivity contribution >= 4 is 22.6 Å². The first-order valence-electron chi connectivity index (χ1n) is 9.74. The fourth-order valence-electron chi connectivity index (χ4n) is 2.38. The van der Waals surface area contributed by atoms with Gasteiger partial charge in [0.1, 0.15) is 0 Å². The molecule has 0 saturated carbocycles. The van der Waals surface area contributed by atoms with Crippen LogP contribution >= 0.6 is 22.6 Å². The van der Waals surface area contributed by atoms with Gasteiger partial charge >= 0.3 is 18.9 Å². The molecule has 0 unspecified atom stereocenters. The Bertz CT molecular complexity index is 491. The topological polar surface area (TPSA) is 36.9 Å². The van der Waals surface area contributed by atoms with Crippen molar-refractivity contribution in [2.75, 3.05) is 17.6 Å². The van der Waals surface area contributed by atoms with Gasteiger partial charge in [-0.05, 0) is 47.0 Å². The van der Waals surface area contributed by atoms with Crippen molar-refractivity contribution in [2.24, 2.45) is 0 Å². The first-order valence-corrected chi connectivity index (χ1v) is 11.3. The van der Waals surface area contributed by atoms with Gasteiger partial charge in [0.05, 0.1) is 25.4 Å². The van der Waals surface area contributed by atoms with E-state index in [1.807, 2.05) is 34.6 Å². The van der Waals surface area contributed by atoms with Crippen LogP contribution in [0.25, 0.3) is 0 Å². The van der Waals surface area contributed by atoms with Crippen LogP contribution in [0.1, 0.15) is 73.6 Å². The Morgan fingerprint density at radius 1 is 0.893 bits per heavy atom. The first-order chi connectivity index (χ1) is 12.7. The predicted molar refractivity (Wildman–Crippen MR) is 118 cm³/mol. The summed E-state index contributed by atoms with van der Waals surface area (Å²) in [6, 6.07) is 0. The monoisotopic (exact) mass is 498 g/mol. The fourth-order valence-corrected chi connectivity index (χ4v) is 3.07. The zero-order valence-corrected chi connectivity index (χ0v) is 21.0. The third-order valence-electron chi connectivity index (χ3n) is 3.64. The summed E-state index contributed by atoms with van der Waals surface area (Å²) >= 11 is 2.35. The van der Waals surface area contributed by atoms with Gasteiger partial charge in [-0.25, -0.2) is 0 Å². The summed E-state index contributed by atoms with van der Waals surface area (Å²) in [5.74, 6) is 7.61. The van der Waals surface area contributed by atoms with Gasteiger partial charge in [-0.15, -0.1) is 11.8 Å². The summed E-state index contributed by atoms with van der Waals surface area (Å²) in [6.07, 6.45) is 11.4. The minimum atomic E-state index is -0.386. The molecule has 0 amide bonds. The molecule has 0 aromatic rings. The molecule has 2 atom stereocenters. The van der Waals surface area contributed by atoms with Crippen LogP contribution in [0.3, 0.4) is 0 Å². The maximum atomic E-state index is 6.20. The van der Waals surface area contributed by atoms with E-state index in [0.717, 1.165) is 43.1 Å². The number of ether oxygens (including phenoxy) is 4. The van der Waals surface area contributed by atoms with Gasteiger partial charge in [0.15, 0.2) is 11.6 Å². The number of hydrogen-bond donors (Lipinski definition) is 0. The van der Waals surface area contributed by atoms with Crippen molar-refractivity contribution in [2.45, 2.75) is 97.4 Å². The van der Waals surface area contributed by atoms with Crippen molar-refractivity contribution in [1.82, 2.24) is 0 Å². The van der Waals surface area contributed by atoms with Gasteiger partial charge in [0.25, 0.3) is 0 Å². The Labute approximate surface area is 198 Å². The second kappa shape index (κ2) is 17.0. The Balaban J connectivity index is 0. The summed E-state index contributed by atoms with van der Waals surface area (Å²) < 4.78 is 23.2. The molecule has 0 bridgehead atoms. The van der Waals surface area contributed by atoms with E-state index in [4.69, 9.17) is 25.4 Å². The van der Waals surface area contributed by atoms with Crippen molar-refractivity contribution in [3.63, 3.8) is 0 Å². The molecule has 4 nitrogen and oxygen atoms in total. The van der Waals surface area contributed by atoms with Crippen molar-refractivity contribution in [1.29, 1.82) is 0 Å². The predicted octanol–water partition coefficient (Wildman–Crippen LogP) is 2.28. The third kappa shape index (κ3) is 16.1. The van der Waals surface area contributed by atoms with E-state index in [1.54, 1.807) is 0 Å². The van der Waals surface area contributed by atoms with E-state index in [9.17, 15) is 0 Å². The molecule has 0 aromatic heterocycles. The summed E-state index contributed by atoms with van der Waals surface area (Å²) in [5, 5.41) is 0. The molecule has 6 heteroatoms. The Morgan fingerprint density at radius 3 is 1.68 bits per heavy atom. The van der Waals surface area contributed by atoms with Crippen LogP contribution in [0, 0.1) is 24.2 Å². The summed E-state index contributed by atoms with van der Waals surface area (Å²) in [5.41, 5.74) is 0. The van der Waals surface area contributed by atoms with Gasteiger partial charge in [0, 0.05) is 17.3 Å². The molecular formula is C22H36ILiO4. The molecule has 0 N–H and O–H groups in total. The zero-order chi connectivity index (χ0) is 20.8. The van der Waals surface area contributed by atoms with Gasteiger partial charge < -0.3 is 31.3 Å². The van der Waals surface area contributed by atoms with Crippen LogP contribution in [0.2, 0.25) is 0 Å². The van der Waals surface area contributed by atoms with Crippen LogP contribution in [0.5, 0.6) is 0 Å². The van der Waals surface area contributed by atoms with E-state index in [0.29, 0.717) is 12.7 Å². The van der Waals surface area contributed by atoms with Crippen molar-refractivity contribution in [3.05, 3.63) is 6.42 Å². The molecule has 28 heavy (non-hydrogen) atoms. The Kier molecular flexibility index (Phi) is 18.5. The van der Waals surface area contributed by atoms with E-state index >= 15 is 0 Å². The smallest absolute Gasteiger partial charge is 0.694 e. The quantitative estimate of drug-likeness (QED) is 0.196. The average Bonchev–Trinajstić information content (AvgIpc) is 3.14. The molecule has 2 aliphatic rings. The van der Waals surface area contributed by atoms with Crippen molar-refractivity contribution in [3.8, 4) is 17.8 Å². The molecule has 2 saturated heterocycles. The van der Waals surface area contributed by atoms with Crippen LogP contribution in [-0.4, -0.2) is 41.4 Å². The van der Waals surface area contributed by atoms with E-state index in [2.05, 4.69) is 47.3 Å². The number of hydrogen-bond acceptors (Lipinski definition) is 4. The standard InChI is InChI=1S/C11H18O2.C7H13IO2.C4H5.Li/c1-4-5-6-7-8-10-9-12-11(2,3)13-10;1-7(2)9-5-6(10-7)3-4-8;1-3-4-2;/h10H,4,7-9H2,1-3H3;6H,3-5H2,1-2H3;3H2,1H3;/q;;-1;+1/t10-;6-;;/m11../s1. The van der Waals surface area contributed by atoms with Crippen LogP contribution in [-0.2, 0) is 18.9 Å². The van der Waals surface area contributed by atoms with Crippen molar-refractivity contribution < 1.29 is 37.8 Å². The molecule has 2 heterocycles. The second-order valence-electron chi connectivity index (χ2n) is 7.16. The normalized spacial score (nSPS) is 23.5. The number of rotatable bonds is 4. The van der Waals surface area contributed by atoms with E-state index in [-0.39, 0.29) is 36.5 Å². The molecular weight excluding hydrogens is 462 g/mol. The maximum Gasteiger partial charge on any atom is 1.00 e. The third-order valence-corrected chi connectivity index (χ3v) is 4.26. The van der Waals surface area contributed by atoms with Crippen LogP contribution < -0.4 is 18.9 Å². The molecule has 0 spiro atoms. The molecule has 0 radical (unpaired) electrons. The minimum Gasteiger partial charge on any atom is -0.694 e. The second-order valence-corrected chi connectivity index (χ2v) is 8.23. The first kappa shape index (κ1) is 30.5. The minimum absolute atomic E-state index is 0. The summed E-state index contributed by atoms with van der Waals surface area (Å²) in [4.78, 5) is 0.